The van der Waals surface area contributed by atoms with Crippen LogP contribution in [0.15, 0.2) is 0 Å². The van der Waals surface area contributed by atoms with Crippen LogP contribution in [0.25, 0.3) is 0 Å². The molecule has 1 fully saturated rings. The molecule has 1 rings (SSSR count). The zero-order chi connectivity index (χ0) is 15.0. The van der Waals surface area contributed by atoms with E-state index in [1.54, 1.807) is 0 Å². The first-order valence-electron chi connectivity index (χ1n) is 6.00. The summed E-state index contributed by atoms with van der Waals surface area (Å²) < 4.78 is 5.20. The second-order valence-electron chi connectivity index (χ2n) is 5.14. The molecule has 1 aliphatic rings. The molecule has 0 aliphatic carbocycles. The van der Waals surface area contributed by atoms with E-state index in [0.29, 0.717) is 0 Å². The monoisotopic (exact) mass is 315 g/mol. The van der Waals surface area contributed by atoms with Gasteiger partial charge in [-0.15, -0.1) is 12.4 Å². The number of carboxylic acids is 1. The third-order valence-electron chi connectivity index (χ3n) is 3.69. The number of hydrogen-bond acceptors (Lipinski definition) is 7. The lowest BCUT2D eigenvalue weighted by atomic mass is 9.76. The average Bonchev–Trinajstić information content (AvgIpc) is 2.35. The first kappa shape index (κ1) is 19.5. The van der Waals surface area contributed by atoms with Crippen LogP contribution >= 0.6 is 12.4 Å². The Morgan fingerprint density at radius 1 is 1.25 bits per heavy atom. The van der Waals surface area contributed by atoms with Gasteiger partial charge in [0, 0.05) is 0 Å². The van der Waals surface area contributed by atoms with E-state index in [1.165, 1.54) is 13.8 Å². The maximum absolute atomic E-state index is 11.4. The van der Waals surface area contributed by atoms with Crippen LogP contribution in [0.5, 0.6) is 0 Å². The predicted octanol–water partition coefficient (Wildman–Crippen LogP) is -2.31. The van der Waals surface area contributed by atoms with E-state index in [0.717, 1.165) is 0 Å². The number of halogens is 1. The Labute approximate surface area is 122 Å². The topological polar surface area (TPSA) is 153 Å². The predicted molar refractivity (Wildman–Crippen MR) is 70.4 cm³/mol. The second kappa shape index (κ2) is 6.99. The SMILES string of the molecule is CC(C)[C@@](N)(C(=O)O)[C@H]1O[C@H](CO)[C@@H](O)[C@H](O)[C@@H]1O.Cl. The third-order valence-corrected chi connectivity index (χ3v) is 3.69. The normalized spacial score (nSPS) is 37.1. The summed E-state index contributed by atoms with van der Waals surface area (Å²) in [4.78, 5) is 11.4. The molecular weight excluding hydrogens is 294 g/mol. The van der Waals surface area contributed by atoms with Crippen LogP contribution in [0.1, 0.15) is 13.8 Å². The minimum absolute atomic E-state index is 0. The lowest BCUT2D eigenvalue weighted by Crippen LogP contribution is -2.72. The summed E-state index contributed by atoms with van der Waals surface area (Å²) in [5.41, 5.74) is 3.86. The Bertz CT molecular complexity index is 341. The van der Waals surface area contributed by atoms with Crippen LogP contribution in [-0.4, -0.2) is 74.2 Å². The van der Waals surface area contributed by atoms with Crippen molar-refractivity contribution in [3.05, 3.63) is 0 Å². The number of aliphatic carboxylic acids is 1. The first-order chi connectivity index (χ1) is 8.67. The molecule has 0 aromatic heterocycles. The molecule has 8 nitrogen and oxygen atoms in total. The number of aliphatic hydroxyl groups is 4. The molecule has 6 atom stereocenters. The fourth-order valence-electron chi connectivity index (χ4n) is 2.19. The van der Waals surface area contributed by atoms with Gasteiger partial charge in [0.1, 0.15) is 36.1 Å². The molecule has 120 valence electrons. The summed E-state index contributed by atoms with van der Waals surface area (Å²) in [6.45, 7) is 2.44. The molecule has 0 bridgehead atoms. The molecule has 0 radical (unpaired) electrons. The van der Waals surface area contributed by atoms with E-state index in [2.05, 4.69) is 0 Å². The van der Waals surface area contributed by atoms with Gasteiger partial charge in [-0.1, -0.05) is 13.8 Å². The molecule has 0 saturated carbocycles. The summed E-state index contributed by atoms with van der Waals surface area (Å²) in [5, 5.41) is 47.5. The van der Waals surface area contributed by atoms with Crippen LogP contribution in [0, 0.1) is 5.92 Å². The maximum Gasteiger partial charge on any atom is 0.326 e. The molecule has 0 aromatic carbocycles. The number of rotatable bonds is 4. The summed E-state index contributed by atoms with van der Waals surface area (Å²) in [6.07, 6.45) is -7.47. The molecule has 7 N–H and O–H groups in total. The number of carboxylic acid groups (broad SMARTS) is 1. The maximum atomic E-state index is 11.4. The Balaban J connectivity index is 0.00000361. The molecular formula is C11H22ClNO7. The van der Waals surface area contributed by atoms with Crippen molar-refractivity contribution >= 4 is 18.4 Å². The standard InChI is InChI=1S/C11H21NO7.ClH/c1-4(2)11(12,10(17)18)9-8(16)7(15)6(14)5(3-13)19-9;/h4-9,13-16H,3,12H2,1-2H3,(H,17,18);1H/t5-,6-,7+,8+,9+,11+;/m1./s1. The summed E-state index contributed by atoms with van der Waals surface area (Å²) >= 11 is 0. The zero-order valence-electron chi connectivity index (χ0n) is 11.2. The van der Waals surface area contributed by atoms with Gasteiger partial charge >= 0.3 is 5.97 Å². The number of nitrogens with two attached hydrogens (primary N) is 1. The number of carbonyl (C=O) groups is 1. The molecule has 0 spiro atoms. The highest BCUT2D eigenvalue weighted by atomic mass is 35.5. The van der Waals surface area contributed by atoms with Crippen LogP contribution < -0.4 is 5.73 Å². The van der Waals surface area contributed by atoms with Gasteiger partial charge in [0.05, 0.1) is 6.61 Å². The average molecular weight is 316 g/mol. The number of hydrogen-bond donors (Lipinski definition) is 6. The van der Waals surface area contributed by atoms with Crippen molar-refractivity contribution < 1.29 is 35.1 Å². The van der Waals surface area contributed by atoms with Gasteiger partial charge in [0.15, 0.2) is 0 Å². The minimum Gasteiger partial charge on any atom is -0.480 e. The van der Waals surface area contributed by atoms with E-state index < -0.39 is 54.6 Å². The van der Waals surface area contributed by atoms with Crippen molar-refractivity contribution in [2.45, 2.75) is 49.9 Å². The molecule has 1 saturated heterocycles. The lowest BCUT2D eigenvalue weighted by Gasteiger charge is -2.47. The van der Waals surface area contributed by atoms with Gasteiger partial charge in [-0.3, -0.25) is 4.79 Å². The van der Waals surface area contributed by atoms with Crippen LogP contribution in [0.4, 0.5) is 0 Å². The summed E-state index contributed by atoms with van der Waals surface area (Å²) in [7, 11) is 0. The molecule has 0 aromatic rings. The molecule has 20 heavy (non-hydrogen) atoms. The van der Waals surface area contributed by atoms with Crippen LogP contribution in [-0.2, 0) is 9.53 Å². The minimum atomic E-state index is -1.95. The van der Waals surface area contributed by atoms with Crippen molar-refractivity contribution in [3.8, 4) is 0 Å². The molecule has 9 heteroatoms. The summed E-state index contributed by atoms with van der Waals surface area (Å²) in [6, 6.07) is 0. The van der Waals surface area contributed by atoms with Gasteiger partial charge in [-0.2, -0.15) is 0 Å². The van der Waals surface area contributed by atoms with E-state index in [9.17, 15) is 25.2 Å². The highest BCUT2D eigenvalue weighted by molar-refractivity contribution is 5.85. The van der Waals surface area contributed by atoms with Crippen molar-refractivity contribution in [1.82, 2.24) is 0 Å². The van der Waals surface area contributed by atoms with Crippen molar-refractivity contribution in [2.24, 2.45) is 11.7 Å². The zero-order valence-corrected chi connectivity index (χ0v) is 12.0. The summed E-state index contributed by atoms with van der Waals surface area (Å²) in [5.74, 6) is -2.00. The second-order valence-corrected chi connectivity index (χ2v) is 5.14. The third kappa shape index (κ3) is 3.06. The van der Waals surface area contributed by atoms with Crippen molar-refractivity contribution in [2.75, 3.05) is 6.61 Å². The largest absolute Gasteiger partial charge is 0.480 e. The van der Waals surface area contributed by atoms with Gasteiger partial charge in [-0.05, 0) is 5.92 Å². The molecule has 1 aliphatic heterocycles. The fourth-order valence-corrected chi connectivity index (χ4v) is 2.19. The quantitative estimate of drug-likeness (QED) is 0.338. The van der Waals surface area contributed by atoms with Gasteiger partial charge in [-0.25, -0.2) is 0 Å². The van der Waals surface area contributed by atoms with Gasteiger partial charge in [0.25, 0.3) is 0 Å². The Kier molecular flexibility index (Phi) is 6.82. The first-order valence-corrected chi connectivity index (χ1v) is 6.00. The number of ether oxygens (including phenoxy) is 1. The molecule has 0 amide bonds. The fraction of sp³-hybridized carbons (Fsp3) is 0.909. The van der Waals surface area contributed by atoms with Crippen molar-refractivity contribution in [1.29, 1.82) is 0 Å². The lowest BCUT2D eigenvalue weighted by molar-refractivity contribution is -0.248. The number of aliphatic hydroxyl groups excluding tert-OH is 4. The molecule has 0 unspecified atom stereocenters. The molecule has 1 heterocycles. The Morgan fingerprint density at radius 2 is 1.75 bits per heavy atom. The van der Waals surface area contributed by atoms with E-state index in [1.807, 2.05) is 0 Å². The Hall–Kier alpha value is -0.480. The Morgan fingerprint density at radius 3 is 2.10 bits per heavy atom. The highest BCUT2D eigenvalue weighted by Gasteiger charge is 2.56. The van der Waals surface area contributed by atoms with E-state index in [4.69, 9.17) is 15.6 Å². The van der Waals surface area contributed by atoms with E-state index in [-0.39, 0.29) is 12.4 Å². The smallest absolute Gasteiger partial charge is 0.326 e. The van der Waals surface area contributed by atoms with Gasteiger partial charge < -0.3 is 36.0 Å². The van der Waals surface area contributed by atoms with Crippen LogP contribution in [0.2, 0.25) is 0 Å². The van der Waals surface area contributed by atoms with Crippen LogP contribution in [0.3, 0.4) is 0 Å². The van der Waals surface area contributed by atoms with Gasteiger partial charge in [0.2, 0.25) is 0 Å². The van der Waals surface area contributed by atoms with Crippen molar-refractivity contribution in [3.63, 3.8) is 0 Å². The van der Waals surface area contributed by atoms with E-state index >= 15 is 0 Å². The highest BCUT2D eigenvalue weighted by Crippen LogP contribution is 2.31.